The Morgan fingerprint density at radius 2 is 2.21 bits per heavy atom. The highest BCUT2D eigenvalue weighted by Gasteiger charge is 2.15. The van der Waals surface area contributed by atoms with Crippen molar-refractivity contribution in [3.63, 3.8) is 0 Å². The summed E-state index contributed by atoms with van der Waals surface area (Å²) >= 11 is 6.27. The number of hydrogen-bond acceptors (Lipinski definition) is 2. The molecule has 0 spiro atoms. The summed E-state index contributed by atoms with van der Waals surface area (Å²) in [5.74, 6) is 0.906. The summed E-state index contributed by atoms with van der Waals surface area (Å²) in [5.41, 5.74) is 1.84. The van der Waals surface area contributed by atoms with E-state index in [1.54, 1.807) is 18.9 Å². The van der Waals surface area contributed by atoms with Crippen LogP contribution in [0.2, 0.25) is 5.02 Å². The van der Waals surface area contributed by atoms with Crippen LogP contribution in [0.15, 0.2) is 18.2 Å². The Labute approximate surface area is 118 Å². The Bertz CT molecular complexity index is 606. The fourth-order valence-corrected chi connectivity index (χ4v) is 2.37. The maximum atomic E-state index is 11.4. The zero-order chi connectivity index (χ0) is 14.0. The first kappa shape index (κ1) is 13.9. The molecular formula is C14H18ClN3O. The zero-order valence-electron chi connectivity index (χ0n) is 11.5. The van der Waals surface area contributed by atoms with Crippen LogP contribution >= 0.6 is 11.6 Å². The number of fused-ring (bicyclic) bond motifs is 1. The van der Waals surface area contributed by atoms with E-state index in [2.05, 4.69) is 16.5 Å². The number of halogens is 1. The number of carbonyl (C=O) groups is 1. The predicted octanol–water partition coefficient (Wildman–Crippen LogP) is 3.08. The van der Waals surface area contributed by atoms with Gasteiger partial charge in [0.2, 0.25) is 5.91 Å². The van der Waals surface area contributed by atoms with Gasteiger partial charge in [0.15, 0.2) is 0 Å². The topological polar surface area (TPSA) is 38.1 Å². The van der Waals surface area contributed by atoms with Gasteiger partial charge in [-0.1, -0.05) is 24.6 Å². The molecular weight excluding hydrogens is 262 g/mol. The molecule has 1 aromatic carbocycles. The number of aryl methyl sites for hydroxylation is 1. The van der Waals surface area contributed by atoms with Crippen molar-refractivity contribution in [1.82, 2.24) is 14.5 Å². The fraction of sp³-hybridized carbons (Fsp3) is 0.429. The zero-order valence-corrected chi connectivity index (χ0v) is 12.2. The molecule has 0 fully saturated rings. The molecule has 0 saturated heterocycles. The van der Waals surface area contributed by atoms with Gasteiger partial charge in [-0.2, -0.15) is 0 Å². The highest BCUT2D eigenvalue weighted by Crippen LogP contribution is 2.25. The number of amides is 1. The van der Waals surface area contributed by atoms with Gasteiger partial charge in [-0.05, 0) is 18.6 Å². The van der Waals surface area contributed by atoms with Crippen molar-refractivity contribution in [1.29, 1.82) is 0 Å². The lowest BCUT2D eigenvalue weighted by atomic mass is 10.3. The molecule has 5 heteroatoms. The summed E-state index contributed by atoms with van der Waals surface area (Å²) < 4.78 is 2.11. The Morgan fingerprint density at radius 1 is 1.47 bits per heavy atom. The van der Waals surface area contributed by atoms with Gasteiger partial charge >= 0.3 is 0 Å². The third-order valence-electron chi connectivity index (χ3n) is 3.16. The van der Waals surface area contributed by atoms with Crippen molar-refractivity contribution in [3.8, 4) is 0 Å². The van der Waals surface area contributed by atoms with Crippen LogP contribution in [0.3, 0.4) is 0 Å². The van der Waals surface area contributed by atoms with Gasteiger partial charge in [-0.3, -0.25) is 4.79 Å². The number of carbonyl (C=O) groups excluding carboxylic acids is 1. The van der Waals surface area contributed by atoms with Gasteiger partial charge in [0.25, 0.3) is 0 Å². The maximum Gasteiger partial charge on any atom is 0.219 e. The van der Waals surface area contributed by atoms with Crippen molar-refractivity contribution in [3.05, 3.63) is 29.0 Å². The van der Waals surface area contributed by atoms with Crippen molar-refractivity contribution >= 4 is 28.5 Å². The van der Waals surface area contributed by atoms with E-state index in [0.29, 0.717) is 11.6 Å². The Hall–Kier alpha value is -1.55. The first-order valence-corrected chi connectivity index (χ1v) is 6.77. The van der Waals surface area contributed by atoms with Crippen molar-refractivity contribution in [2.45, 2.75) is 33.4 Å². The van der Waals surface area contributed by atoms with Crippen molar-refractivity contribution in [2.24, 2.45) is 0 Å². The molecule has 19 heavy (non-hydrogen) atoms. The van der Waals surface area contributed by atoms with Crippen LogP contribution in [0, 0.1) is 0 Å². The van der Waals surface area contributed by atoms with E-state index in [1.165, 1.54) is 0 Å². The minimum Gasteiger partial charge on any atom is -0.339 e. The van der Waals surface area contributed by atoms with E-state index in [0.717, 1.165) is 29.8 Å². The summed E-state index contributed by atoms with van der Waals surface area (Å²) in [5, 5.41) is 0.704. The van der Waals surface area contributed by atoms with E-state index in [1.807, 2.05) is 18.2 Å². The molecule has 0 aliphatic rings. The molecule has 0 atom stereocenters. The lowest BCUT2D eigenvalue weighted by Crippen LogP contribution is -2.25. The van der Waals surface area contributed by atoms with Crippen LogP contribution in [0.5, 0.6) is 0 Å². The Kier molecular flexibility index (Phi) is 4.10. The largest absolute Gasteiger partial charge is 0.339 e. The van der Waals surface area contributed by atoms with E-state index in [-0.39, 0.29) is 5.91 Å². The molecule has 1 heterocycles. The van der Waals surface area contributed by atoms with E-state index >= 15 is 0 Å². The number of nitrogens with zero attached hydrogens (tertiary/aromatic N) is 3. The summed E-state index contributed by atoms with van der Waals surface area (Å²) in [6.07, 6.45) is 0.994. The molecule has 0 radical (unpaired) electrons. The molecule has 0 unspecified atom stereocenters. The highest BCUT2D eigenvalue weighted by atomic mass is 35.5. The molecule has 0 N–H and O–H groups in total. The predicted molar refractivity (Wildman–Crippen MR) is 77.2 cm³/mol. The first-order chi connectivity index (χ1) is 9.04. The smallest absolute Gasteiger partial charge is 0.219 e. The Morgan fingerprint density at radius 3 is 2.84 bits per heavy atom. The molecule has 0 saturated carbocycles. The molecule has 0 aliphatic heterocycles. The summed E-state index contributed by atoms with van der Waals surface area (Å²) in [6.45, 7) is 5.02. The van der Waals surface area contributed by atoms with Gasteiger partial charge in [0, 0.05) is 20.5 Å². The standard InChI is InChI=1S/C14H18ClN3O/c1-4-8-18-13(9-17(3)10(2)19)16-12-7-5-6-11(15)14(12)18/h5-7H,4,8-9H2,1-3H3. The Balaban J connectivity index is 2.50. The molecule has 102 valence electrons. The number of rotatable bonds is 4. The third-order valence-corrected chi connectivity index (χ3v) is 3.46. The molecule has 2 aromatic rings. The molecule has 1 aromatic heterocycles. The molecule has 2 rings (SSSR count). The van der Waals surface area contributed by atoms with Crippen LogP contribution in [0.1, 0.15) is 26.1 Å². The van der Waals surface area contributed by atoms with Crippen LogP contribution in [0.4, 0.5) is 0 Å². The van der Waals surface area contributed by atoms with Gasteiger partial charge < -0.3 is 9.47 Å². The number of para-hydroxylation sites is 1. The minimum absolute atomic E-state index is 0.0289. The highest BCUT2D eigenvalue weighted by molar-refractivity contribution is 6.35. The van der Waals surface area contributed by atoms with Crippen molar-refractivity contribution < 1.29 is 4.79 Å². The maximum absolute atomic E-state index is 11.4. The van der Waals surface area contributed by atoms with Gasteiger partial charge in [-0.25, -0.2) is 4.98 Å². The molecule has 0 aliphatic carbocycles. The van der Waals surface area contributed by atoms with Crippen LogP contribution in [-0.4, -0.2) is 27.4 Å². The molecule has 1 amide bonds. The SMILES string of the molecule is CCCn1c(CN(C)C(C)=O)nc2cccc(Cl)c21. The molecule has 0 bridgehead atoms. The second kappa shape index (κ2) is 5.61. The van der Waals surface area contributed by atoms with Crippen LogP contribution in [-0.2, 0) is 17.9 Å². The summed E-state index contributed by atoms with van der Waals surface area (Å²) in [7, 11) is 1.78. The van der Waals surface area contributed by atoms with Gasteiger partial charge in [-0.15, -0.1) is 0 Å². The second-order valence-electron chi connectivity index (χ2n) is 4.66. The van der Waals surface area contributed by atoms with Crippen LogP contribution in [0.25, 0.3) is 11.0 Å². The first-order valence-electron chi connectivity index (χ1n) is 6.40. The van der Waals surface area contributed by atoms with Crippen molar-refractivity contribution in [2.75, 3.05) is 7.05 Å². The van der Waals surface area contributed by atoms with Gasteiger partial charge in [0.1, 0.15) is 5.82 Å². The number of aromatic nitrogens is 2. The second-order valence-corrected chi connectivity index (χ2v) is 5.07. The minimum atomic E-state index is 0.0289. The van der Waals surface area contributed by atoms with E-state index < -0.39 is 0 Å². The summed E-state index contributed by atoms with van der Waals surface area (Å²) in [6, 6.07) is 5.72. The third kappa shape index (κ3) is 2.73. The fourth-order valence-electron chi connectivity index (χ4n) is 2.10. The lowest BCUT2D eigenvalue weighted by molar-refractivity contribution is -0.128. The number of imidazole rings is 1. The lowest BCUT2D eigenvalue weighted by Gasteiger charge is -2.15. The van der Waals surface area contributed by atoms with E-state index in [9.17, 15) is 4.79 Å². The summed E-state index contributed by atoms with van der Waals surface area (Å²) in [4.78, 5) is 17.6. The normalized spacial score (nSPS) is 10.9. The number of benzene rings is 1. The average molecular weight is 280 g/mol. The van der Waals surface area contributed by atoms with E-state index in [4.69, 9.17) is 11.6 Å². The van der Waals surface area contributed by atoms with Gasteiger partial charge in [0.05, 0.1) is 22.6 Å². The monoisotopic (exact) mass is 279 g/mol. The quantitative estimate of drug-likeness (QED) is 0.863. The number of hydrogen-bond donors (Lipinski definition) is 0. The van der Waals surface area contributed by atoms with Crippen LogP contribution < -0.4 is 0 Å². The average Bonchev–Trinajstić information content (AvgIpc) is 2.69. The molecule has 4 nitrogen and oxygen atoms in total.